The Kier molecular flexibility index (Phi) is 5.99. The maximum absolute atomic E-state index is 13.3. The zero-order valence-electron chi connectivity index (χ0n) is 15.4. The van der Waals surface area contributed by atoms with E-state index >= 15 is 0 Å². The minimum absolute atomic E-state index is 0.104. The topological polar surface area (TPSA) is 141 Å². The van der Waals surface area contributed by atoms with Crippen LogP contribution in [0.2, 0.25) is 5.02 Å². The molecule has 158 valence electrons. The monoisotopic (exact) mass is 461 g/mol. The van der Waals surface area contributed by atoms with Gasteiger partial charge in [0.1, 0.15) is 0 Å². The first-order valence-corrected chi connectivity index (χ1v) is 10.3. The van der Waals surface area contributed by atoms with Crippen LogP contribution < -0.4 is 4.31 Å². The fourth-order valence-electron chi connectivity index (χ4n) is 2.69. The maximum Gasteiger partial charge on any atom is 0.277 e. The molecule has 0 atom stereocenters. The van der Waals surface area contributed by atoms with Crippen molar-refractivity contribution in [3.05, 3.63) is 104 Å². The number of hydrogen-bond acceptors (Lipinski definition) is 7. The quantitative estimate of drug-likeness (QED) is 0.395. The number of carbonyl (C=O) groups is 1. The molecule has 0 aromatic heterocycles. The number of halogens is 1. The van der Waals surface area contributed by atoms with Crippen molar-refractivity contribution >= 4 is 44.6 Å². The molecule has 0 heterocycles. The van der Waals surface area contributed by atoms with Gasteiger partial charge < -0.3 is 0 Å². The molecule has 0 saturated carbocycles. The summed E-state index contributed by atoms with van der Waals surface area (Å²) in [5.74, 6) is -1.21. The van der Waals surface area contributed by atoms with Crippen molar-refractivity contribution in [2.45, 2.75) is 4.90 Å². The number of anilines is 1. The van der Waals surface area contributed by atoms with E-state index in [0.29, 0.717) is 10.4 Å². The SMILES string of the molecule is O=C(c1cc([N+](=O)[O-])cc([N+](=O)[O-])c1)N(c1ccc(Cl)cc1)S(=O)(=O)c1ccccc1. The number of benzene rings is 3. The molecule has 10 nitrogen and oxygen atoms in total. The molecule has 0 radical (unpaired) electrons. The molecule has 31 heavy (non-hydrogen) atoms. The van der Waals surface area contributed by atoms with Gasteiger partial charge >= 0.3 is 0 Å². The molecule has 1 amide bonds. The van der Waals surface area contributed by atoms with E-state index in [-0.39, 0.29) is 15.6 Å². The lowest BCUT2D eigenvalue weighted by atomic mass is 10.1. The van der Waals surface area contributed by atoms with Crippen LogP contribution in [0.1, 0.15) is 10.4 Å². The zero-order valence-corrected chi connectivity index (χ0v) is 17.0. The van der Waals surface area contributed by atoms with Crippen LogP contribution in [0, 0.1) is 20.2 Å². The van der Waals surface area contributed by atoms with Gasteiger partial charge in [-0.1, -0.05) is 29.8 Å². The minimum atomic E-state index is -4.48. The molecule has 3 rings (SSSR count). The molecule has 3 aromatic carbocycles. The van der Waals surface area contributed by atoms with Gasteiger partial charge in [-0.3, -0.25) is 25.0 Å². The number of nitro groups is 2. The Labute approximate surface area is 180 Å². The average molecular weight is 462 g/mol. The first kappa shape index (κ1) is 21.9. The van der Waals surface area contributed by atoms with Gasteiger partial charge in [-0.15, -0.1) is 0 Å². The normalized spacial score (nSPS) is 11.0. The summed E-state index contributed by atoms with van der Waals surface area (Å²) in [7, 11) is -4.48. The summed E-state index contributed by atoms with van der Waals surface area (Å²) in [6.45, 7) is 0. The molecule has 0 aliphatic heterocycles. The lowest BCUT2D eigenvalue weighted by Crippen LogP contribution is -2.37. The van der Waals surface area contributed by atoms with Gasteiger partial charge in [0.2, 0.25) is 0 Å². The number of nitrogens with zero attached hydrogens (tertiary/aromatic N) is 3. The van der Waals surface area contributed by atoms with E-state index in [4.69, 9.17) is 11.6 Å². The third kappa shape index (κ3) is 4.52. The highest BCUT2D eigenvalue weighted by Gasteiger charge is 2.33. The van der Waals surface area contributed by atoms with Crippen molar-refractivity contribution in [2.24, 2.45) is 0 Å². The first-order valence-electron chi connectivity index (χ1n) is 8.45. The predicted octanol–water partition coefficient (Wildman–Crippen LogP) is 4.19. The van der Waals surface area contributed by atoms with Crippen LogP contribution in [-0.2, 0) is 10.0 Å². The fourth-order valence-corrected chi connectivity index (χ4v) is 4.25. The highest BCUT2D eigenvalue weighted by molar-refractivity contribution is 7.93. The van der Waals surface area contributed by atoms with Crippen LogP contribution in [0.3, 0.4) is 0 Å². The molecule has 3 aromatic rings. The third-order valence-electron chi connectivity index (χ3n) is 4.10. The van der Waals surface area contributed by atoms with E-state index < -0.39 is 42.7 Å². The van der Waals surface area contributed by atoms with Gasteiger partial charge in [0.25, 0.3) is 27.3 Å². The summed E-state index contributed by atoms with van der Waals surface area (Å²) < 4.78 is 27.0. The second-order valence-electron chi connectivity index (χ2n) is 6.12. The van der Waals surface area contributed by atoms with Gasteiger partial charge in [0.05, 0.1) is 32.1 Å². The molecular formula is C19H12ClN3O7S. The minimum Gasteiger partial charge on any atom is -0.268 e. The van der Waals surface area contributed by atoms with Crippen molar-refractivity contribution in [2.75, 3.05) is 4.31 Å². The van der Waals surface area contributed by atoms with Gasteiger partial charge in [-0.25, -0.2) is 8.42 Å². The van der Waals surface area contributed by atoms with E-state index in [1.165, 1.54) is 48.5 Å². The summed E-state index contributed by atoms with van der Waals surface area (Å²) in [6, 6.07) is 14.5. The number of carbonyl (C=O) groups excluding carboxylic acids is 1. The van der Waals surface area contributed by atoms with Crippen LogP contribution in [0.25, 0.3) is 0 Å². The van der Waals surface area contributed by atoms with E-state index in [2.05, 4.69) is 0 Å². The van der Waals surface area contributed by atoms with Crippen LogP contribution >= 0.6 is 11.6 Å². The van der Waals surface area contributed by atoms with Crippen molar-refractivity contribution in [1.29, 1.82) is 0 Å². The standard InChI is InChI=1S/C19H12ClN3O7S/c20-14-6-8-15(9-7-14)21(31(29,30)18-4-2-1-3-5-18)19(24)13-10-16(22(25)26)12-17(11-13)23(27)28/h1-12H. The number of sulfonamides is 1. The Morgan fingerprint density at radius 3 is 1.84 bits per heavy atom. The zero-order chi connectivity index (χ0) is 22.8. The fraction of sp³-hybridized carbons (Fsp3) is 0. The second-order valence-corrected chi connectivity index (χ2v) is 8.34. The van der Waals surface area contributed by atoms with E-state index in [1.807, 2.05) is 0 Å². The first-order chi connectivity index (χ1) is 14.6. The van der Waals surface area contributed by atoms with Gasteiger partial charge in [0.15, 0.2) is 0 Å². The van der Waals surface area contributed by atoms with Crippen molar-refractivity contribution < 1.29 is 23.1 Å². The van der Waals surface area contributed by atoms with Crippen molar-refractivity contribution in [1.82, 2.24) is 0 Å². The predicted molar refractivity (Wildman–Crippen MR) is 112 cm³/mol. The van der Waals surface area contributed by atoms with Crippen LogP contribution in [0.4, 0.5) is 17.1 Å². The highest BCUT2D eigenvalue weighted by atomic mass is 35.5. The molecule has 12 heteroatoms. The molecule has 0 fully saturated rings. The summed E-state index contributed by atoms with van der Waals surface area (Å²) in [5.41, 5.74) is -2.11. The molecule has 0 bridgehead atoms. The van der Waals surface area contributed by atoms with Gasteiger partial charge in [-0.2, -0.15) is 4.31 Å². The summed E-state index contributed by atoms with van der Waals surface area (Å²) in [5, 5.41) is 22.6. The van der Waals surface area contributed by atoms with Gasteiger partial charge in [-0.05, 0) is 36.4 Å². The number of hydrogen-bond donors (Lipinski definition) is 0. The maximum atomic E-state index is 13.3. The van der Waals surface area contributed by atoms with Crippen LogP contribution in [0.5, 0.6) is 0 Å². The molecular weight excluding hydrogens is 450 g/mol. The highest BCUT2D eigenvalue weighted by Crippen LogP contribution is 2.30. The van der Waals surface area contributed by atoms with Crippen molar-refractivity contribution in [3.8, 4) is 0 Å². The number of rotatable bonds is 6. The Morgan fingerprint density at radius 2 is 1.35 bits per heavy atom. The Bertz CT molecular complexity index is 1250. The molecule has 0 N–H and O–H groups in total. The second kappa shape index (κ2) is 8.50. The smallest absolute Gasteiger partial charge is 0.268 e. The summed E-state index contributed by atoms with van der Waals surface area (Å²) in [4.78, 5) is 33.6. The summed E-state index contributed by atoms with van der Waals surface area (Å²) >= 11 is 5.85. The molecule has 0 spiro atoms. The summed E-state index contributed by atoms with van der Waals surface area (Å²) in [6.07, 6.45) is 0. The Morgan fingerprint density at radius 1 is 0.839 bits per heavy atom. The van der Waals surface area contributed by atoms with Crippen molar-refractivity contribution in [3.63, 3.8) is 0 Å². The lowest BCUT2D eigenvalue weighted by Gasteiger charge is -2.22. The largest absolute Gasteiger partial charge is 0.277 e. The Hall–Kier alpha value is -3.83. The third-order valence-corrected chi connectivity index (χ3v) is 6.08. The van der Waals surface area contributed by atoms with Crippen LogP contribution in [0.15, 0.2) is 77.7 Å². The van der Waals surface area contributed by atoms with Crippen LogP contribution in [-0.4, -0.2) is 24.2 Å². The van der Waals surface area contributed by atoms with E-state index in [0.717, 1.165) is 12.1 Å². The molecule has 0 unspecified atom stereocenters. The van der Waals surface area contributed by atoms with E-state index in [9.17, 15) is 33.4 Å². The number of amides is 1. The number of nitro benzene ring substituents is 2. The average Bonchev–Trinajstić information content (AvgIpc) is 2.75. The molecule has 0 aliphatic rings. The van der Waals surface area contributed by atoms with E-state index in [1.54, 1.807) is 6.07 Å². The molecule has 0 saturated heterocycles. The Balaban J connectivity index is 2.23. The molecule has 0 aliphatic carbocycles. The number of non-ortho nitro benzene ring substituents is 2. The van der Waals surface area contributed by atoms with Gasteiger partial charge in [0, 0.05) is 17.2 Å². The lowest BCUT2D eigenvalue weighted by molar-refractivity contribution is -0.394.